The van der Waals surface area contributed by atoms with Gasteiger partial charge in [-0.3, -0.25) is 4.79 Å². The van der Waals surface area contributed by atoms with E-state index in [1.165, 1.54) is 43.1 Å². The van der Waals surface area contributed by atoms with E-state index in [0.29, 0.717) is 16.5 Å². The van der Waals surface area contributed by atoms with E-state index in [9.17, 15) is 9.59 Å². The Bertz CT molecular complexity index is 1000. The Morgan fingerprint density at radius 2 is 1.86 bits per heavy atom. The molecule has 0 bridgehead atoms. The van der Waals surface area contributed by atoms with Crippen molar-refractivity contribution >= 4 is 23.7 Å². The number of thioether (sulfide) groups is 1. The number of hydrogen-bond acceptors (Lipinski definition) is 8. The summed E-state index contributed by atoms with van der Waals surface area (Å²) < 4.78 is 11.5. The van der Waals surface area contributed by atoms with Gasteiger partial charge in [0.15, 0.2) is 0 Å². The maximum Gasteiger partial charge on any atom is 0.337 e. The number of rotatable bonds is 6. The highest BCUT2D eigenvalue weighted by Crippen LogP contribution is 2.22. The predicted octanol–water partition coefficient (Wildman–Crippen LogP) is 2.76. The molecule has 0 fully saturated rings. The van der Waals surface area contributed by atoms with Crippen LogP contribution in [0.1, 0.15) is 21.5 Å². The average Bonchev–Trinajstić information content (AvgIpc) is 3.16. The van der Waals surface area contributed by atoms with Gasteiger partial charge in [0.1, 0.15) is 5.75 Å². The van der Waals surface area contributed by atoms with E-state index in [1.807, 2.05) is 32.0 Å². The highest BCUT2D eigenvalue weighted by molar-refractivity contribution is 7.99. The van der Waals surface area contributed by atoms with E-state index in [-0.39, 0.29) is 5.75 Å². The number of hydrogen-bond donors (Lipinski definition) is 0. The number of aryl methyl sites for hydroxylation is 2. The molecule has 3 aromatic rings. The van der Waals surface area contributed by atoms with Crippen LogP contribution < -0.4 is 4.74 Å². The lowest BCUT2D eigenvalue weighted by atomic mass is 10.1. The van der Waals surface area contributed by atoms with Gasteiger partial charge in [-0.25, -0.2) is 4.79 Å². The largest absolute Gasteiger partial charge is 0.465 e. The zero-order valence-corrected chi connectivity index (χ0v) is 16.4. The molecule has 0 amide bonds. The van der Waals surface area contributed by atoms with Crippen LogP contribution in [0.2, 0.25) is 0 Å². The van der Waals surface area contributed by atoms with Crippen LogP contribution in [-0.4, -0.2) is 45.0 Å². The number of aromatic nitrogens is 4. The first kappa shape index (κ1) is 19.6. The molecule has 0 aliphatic rings. The quantitative estimate of drug-likeness (QED) is 0.355. The predicted molar refractivity (Wildman–Crippen MR) is 103 cm³/mol. The van der Waals surface area contributed by atoms with Crippen LogP contribution in [-0.2, 0) is 9.53 Å². The summed E-state index contributed by atoms with van der Waals surface area (Å²) in [5.41, 5.74) is 3.35. The minimum atomic E-state index is -0.452. The summed E-state index contributed by atoms with van der Waals surface area (Å²) in [5.74, 6) is -0.533. The van der Waals surface area contributed by atoms with Gasteiger partial charge in [-0.05, 0) is 65.7 Å². The zero-order chi connectivity index (χ0) is 20.1. The van der Waals surface area contributed by atoms with Gasteiger partial charge in [0.05, 0.1) is 24.1 Å². The summed E-state index contributed by atoms with van der Waals surface area (Å²) >= 11 is 1.18. The Balaban J connectivity index is 1.64. The normalized spacial score (nSPS) is 10.5. The van der Waals surface area contributed by atoms with Crippen LogP contribution in [0, 0.1) is 13.8 Å². The van der Waals surface area contributed by atoms with Crippen molar-refractivity contribution in [2.24, 2.45) is 0 Å². The summed E-state index contributed by atoms with van der Waals surface area (Å²) in [6.45, 7) is 3.96. The Morgan fingerprint density at radius 3 is 2.57 bits per heavy atom. The molecule has 9 heteroatoms. The second-order valence-electron chi connectivity index (χ2n) is 5.94. The third-order valence-electron chi connectivity index (χ3n) is 3.86. The first-order chi connectivity index (χ1) is 13.5. The monoisotopic (exact) mass is 398 g/mol. The van der Waals surface area contributed by atoms with Crippen molar-refractivity contribution in [2.45, 2.75) is 19.0 Å². The number of benzene rings is 2. The van der Waals surface area contributed by atoms with Crippen molar-refractivity contribution in [3.8, 4) is 11.4 Å². The fraction of sp³-hybridized carbons (Fsp3) is 0.211. The topological polar surface area (TPSA) is 96.2 Å². The number of nitrogens with zero attached hydrogens (tertiary/aromatic N) is 4. The fourth-order valence-electron chi connectivity index (χ4n) is 2.43. The number of esters is 2. The fourth-order valence-corrected chi connectivity index (χ4v) is 3.09. The Morgan fingerprint density at radius 1 is 1.11 bits per heavy atom. The zero-order valence-electron chi connectivity index (χ0n) is 15.6. The maximum atomic E-state index is 12.1. The third-order valence-corrected chi connectivity index (χ3v) is 4.75. The van der Waals surface area contributed by atoms with Crippen LogP contribution in [0.5, 0.6) is 5.75 Å². The van der Waals surface area contributed by atoms with Gasteiger partial charge in [-0.1, -0.05) is 23.9 Å². The van der Waals surface area contributed by atoms with Gasteiger partial charge in [0.25, 0.3) is 0 Å². The molecule has 0 radical (unpaired) electrons. The number of methoxy groups -OCH3 is 1. The van der Waals surface area contributed by atoms with Crippen molar-refractivity contribution in [3.63, 3.8) is 0 Å². The summed E-state index contributed by atoms with van der Waals surface area (Å²) in [6, 6.07) is 12.1. The minimum absolute atomic E-state index is 0.0317. The van der Waals surface area contributed by atoms with Gasteiger partial charge in [-0.2, -0.15) is 4.68 Å². The van der Waals surface area contributed by atoms with E-state index >= 15 is 0 Å². The van der Waals surface area contributed by atoms with Crippen molar-refractivity contribution in [2.75, 3.05) is 12.9 Å². The van der Waals surface area contributed by atoms with Crippen molar-refractivity contribution in [3.05, 3.63) is 59.2 Å². The molecule has 0 atom stereocenters. The lowest BCUT2D eigenvalue weighted by Gasteiger charge is -2.08. The van der Waals surface area contributed by atoms with Gasteiger partial charge < -0.3 is 9.47 Å². The Labute approximate surface area is 165 Å². The first-order valence-corrected chi connectivity index (χ1v) is 9.34. The van der Waals surface area contributed by atoms with E-state index in [0.717, 1.165) is 16.8 Å². The van der Waals surface area contributed by atoms with Gasteiger partial charge >= 0.3 is 11.9 Å². The van der Waals surface area contributed by atoms with Gasteiger partial charge in [0, 0.05) is 0 Å². The summed E-state index contributed by atoms with van der Waals surface area (Å²) in [4.78, 5) is 23.6. The molecular formula is C19H18N4O4S. The molecule has 0 aliphatic carbocycles. The van der Waals surface area contributed by atoms with Crippen LogP contribution in [0.15, 0.2) is 47.6 Å². The summed E-state index contributed by atoms with van der Waals surface area (Å²) in [5, 5.41) is 12.2. The smallest absolute Gasteiger partial charge is 0.337 e. The molecule has 3 rings (SSSR count). The number of carbonyl (C=O) groups is 2. The lowest BCUT2D eigenvalue weighted by molar-refractivity contribution is -0.131. The molecule has 0 unspecified atom stereocenters. The second kappa shape index (κ2) is 8.66. The van der Waals surface area contributed by atoms with Crippen LogP contribution in [0.25, 0.3) is 5.69 Å². The van der Waals surface area contributed by atoms with Gasteiger partial charge in [0.2, 0.25) is 5.16 Å². The third kappa shape index (κ3) is 4.55. The van der Waals surface area contributed by atoms with E-state index in [1.54, 1.807) is 4.68 Å². The summed E-state index contributed by atoms with van der Waals surface area (Å²) in [7, 11) is 1.30. The Hall–Kier alpha value is -3.20. The van der Waals surface area contributed by atoms with Gasteiger partial charge in [-0.15, -0.1) is 5.10 Å². The molecule has 0 aliphatic heterocycles. The van der Waals surface area contributed by atoms with Crippen LogP contribution in [0.4, 0.5) is 0 Å². The second-order valence-corrected chi connectivity index (χ2v) is 6.88. The molecule has 8 nitrogen and oxygen atoms in total. The first-order valence-electron chi connectivity index (χ1n) is 8.36. The highest BCUT2D eigenvalue weighted by Gasteiger charge is 2.15. The number of ether oxygens (including phenoxy) is 2. The Kier molecular flexibility index (Phi) is 6.05. The number of tetrazole rings is 1. The molecule has 0 saturated carbocycles. The van der Waals surface area contributed by atoms with Crippen LogP contribution >= 0.6 is 11.8 Å². The van der Waals surface area contributed by atoms with E-state index in [2.05, 4.69) is 20.3 Å². The maximum absolute atomic E-state index is 12.1. The molecule has 144 valence electrons. The molecule has 0 N–H and O–H groups in total. The minimum Gasteiger partial charge on any atom is -0.465 e. The average molecular weight is 398 g/mol. The molecule has 0 saturated heterocycles. The van der Waals surface area contributed by atoms with E-state index in [4.69, 9.17) is 4.74 Å². The SMILES string of the molecule is COC(=O)c1ccc(OC(=O)CSc2nnnn2-c2cc(C)ccc2C)cc1. The van der Waals surface area contributed by atoms with E-state index < -0.39 is 11.9 Å². The molecule has 1 heterocycles. The van der Waals surface area contributed by atoms with Crippen molar-refractivity contribution < 1.29 is 19.1 Å². The standard InChI is InChI=1S/C19H18N4O4S/c1-12-4-5-13(2)16(10-12)23-19(20-21-22-23)28-11-17(24)27-15-8-6-14(7-9-15)18(25)26-3/h4-10H,11H2,1-3H3. The van der Waals surface area contributed by atoms with Crippen molar-refractivity contribution in [1.82, 2.24) is 20.2 Å². The number of carbonyl (C=O) groups excluding carboxylic acids is 2. The van der Waals surface area contributed by atoms with Crippen molar-refractivity contribution in [1.29, 1.82) is 0 Å². The molecule has 28 heavy (non-hydrogen) atoms. The molecule has 1 aromatic heterocycles. The lowest BCUT2D eigenvalue weighted by Crippen LogP contribution is -2.12. The molecule has 2 aromatic carbocycles. The highest BCUT2D eigenvalue weighted by atomic mass is 32.2. The molecule has 0 spiro atoms. The van der Waals surface area contributed by atoms with Crippen LogP contribution in [0.3, 0.4) is 0 Å². The summed E-state index contributed by atoms with van der Waals surface area (Å²) in [6.07, 6.45) is 0. The molecular weight excluding hydrogens is 380 g/mol.